The number of fused-ring (bicyclic) bond motifs is 3. The number of non-ortho nitro benzene ring substituents is 1. The Hall–Kier alpha value is -2.33. The van der Waals surface area contributed by atoms with E-state index in [-0.39, 0.29) is 22.6 Å². The van der Waals surface area contributed by atoms with Crippen LogP contribution in [0.4, 0.5) is 11.4 Å². The van der Waals surface area contributed by atoms with Gasteiger partial charge in [-0.05, 0) is 42.0 Å². The molecular formula is C19H17ClN2O2. The molecule has 1 N–H and O–H groups in total. The van der Waals surface area contributed by atoms with Crippen molar-refractivity contribution in [2.75, 3.05) is 5.32 Å². The number of hydrogen-bond acceptors (Lipinski definition) is 3. The second kappa shape index (κ2) is 5.64. The van der Waals surface area contributed by atoms with Crippen LogP contribution in [0.3, 0.4) is 0 Å². The normalized spacial score (nSPS) is 24.2. The maximum absolute atomic E-state index is 11.2. The number of halogens is 1. The van der Waals surface area contributed by atoms with Crippen molar-refractivity contribution >= 4 is 23.0 Å². The minimum atomic E-state index is -0.318. The lowest BCUT2D eigenvalue weighted by molar-refractivity contribution is -0.385. The third-order valence-corrected chi connectivity index (χ3v) is 5.45. The summed E-state index contributed by atoms with van der Waals surface area (Å²) >= 11 is 6.43. The SMILES string of the molecule is Cc1cc([N+](=O)[O-])cc2c1N[C@H](c1ccccc1Cl)[C@@H]1CC=C[C@@H]21. The summed E-state index contributed by atoms with van der Waals surface area (Å²) in [6, 6.07) is 11.3. The number of nitro groups is 1. The number of nitrogens with zero attached hydrogens (tertiary/aromatic N) is 1. The highest BCUT2D eigenvalue weighted by molar-refractivity contribution is 6.31. The van der Waals surface area contributed by atoms with Crippen molar-refractivity contribution in [1.82, 2.24) is 0 Å². The first-order valence-electron chi connectivity index (χ1n) is 8.03. The van der Waals surface area contributed by atoms with E-state index >= 15 is 0 Å². The van der Waals surface area contributed by atoms with Crippen LogP contribution >= 0.6 is 11.6 Å². The van der Waals surface area contributed by atoms with Gasteiger partial charge < -0.3 is 5.32 Å². The van der Waals surface area contributed by atoms with E-state index in [0.29, 0.717) is 5.92 Å². The Bertz CT molecular complexity index is 862. The summed E-state index contributed by atoms with van der Waals surface area (Å²) < 4.78 is 0. The highest BCUT2D eigenvalue weighted by Crippen LogP contribution is 2.52. The summed E-state index contributed by atoms with van der Waals surface area (Å²) in [7, 11) is 0. The highest BCUT2D eigenvalue weighted by Gasteiger charge is 2.39. The fraction of sp³-hybridized carbons (Fsp3) is 0.263. The lowest BCUT2D eigenvalue weighted by atomic mass is 9.76. The van der Waals surface area contributed by atoms with Gasteiger partial charge in [-0.25, -0.2) is 0 Å². The Morgan fingerprint density at radius 2 is 2.04 bits per heavy atom. The standard InChI is InChI=1S/C19H17ClN2O2/c1-11-9-12(22(23)24)10-16-13-6-4-7-14(13)19(21-18(11)16)15-5-2-3-8-17(15)20/h2-6,8-10,13-14,19,21H,7H2,1H3/t13-,14-,19+/m1/s1. The zero-order valence-corrected chi connectivity index (χ0v) is 14.0. The summed E-state index contributed by atoms with van der Waals surface area (Å²) in [4.78, 5) is 10.9. The number of nitro benzene ring substituents is 1. The number of hydrogen-bond donors (Lipinski definition) is 1. The monoisotopic (exact) mass is 340 g/mol. The topological polar surface area (TPSA) is 55.2 Å². The molecule has 0 bridgehead atoms. The van der Waals surface area contributed by atoms with Gasteiger partial charge in [0.05, 0.1) is 11.0 Å². The predicted molar refractivity (Wildman–Crippen MR) is 95.6 cm³/mol. The highest BCUT2D eigenvalue weighted by atomic mass is 35.5. The van der Waals surface area contributed by atoms with Crippen LogP contribution in [-0.2, 0) is 0 Å². The van der Waals surface area contributed by atoms with Crippen molar-refractivity contribution in [1.29, 1.82) is 0 Å². The van der Waals surface area contributed by atoms with Crippen LogP contribution in [0.1, 0.15) is 35.1 Å². The first kappa shape index (κ1) is 15.2. The molecule has 0 spiro atoms. The number of nitrogens with one attached hydrogen (secondary N) is 1. The van der Waals surface area contributed by atoms with Crippen molar-refractivity contribution in [3.05, 3.63) is 80.4 Å². The van der Waals surface area contributed by atoms with E-state index in [2.05, 4.69) is 23.5 Å². The third kappa shape index (κ3) is 2.29. The molecule has 0 saturated carbocycles. The molecule has 3 atom stereocenters. The van der Waals surface area contributed by atoms with Gasteiger partial charge in [0.15, 0.2) is 0 Å². The van der Waals surface area contributed by atoms with Crippen LogP contribution in [0.2, 0.25) is 5.02 Å². The smallest absolute Gasteiger partial charge is 0.270 e. The second-order valence-corrected chi connectivity index (χ2v) is 6.89. The molecule has 4 nitrogen and oxygen atoms in total. The van der Waals surface area contributed by atoms with E-state index in [4.69, 9.17) is 11.6 Å². The quantitative estimate of drug-likeness (QED) is 0.453. The second-order valence-electron chi connectivity index (χ2n) is 6.48. The fourth-order valence-electron chi connectivity index (χ4n) is 4.01. The molecule has 5 heteroatoms. The fourth-order valence-corrected chi connectivity index (χ4v) is 4.26. The molecular weight excluding hydrogens is 324 g/mol. The largest absolute Gasteiger partial charge is 0.377 e. The van der Waals surface area contributed by atoms with E-state index in [1.54, 1.807) is 12.1 Å². The lowest BCUT2D eigenvalue weighted by Crippen LogP contribution is -2.29. The van der Waals surface area contributed by atoms with Crippen LogP contribution < -0.4 is 5.32 Å². The molecule has 0 fully saturated rings. The Morgan fingerprint density at radius 3 is 2.79 bits per heavy atom. The van der Waals surface area contributed by atoms with Crippen molar-refractivity contribution in [2.24, 2.45) is 5.92 Å². The maximum Gasteiger partial charge on any atom is 0.270 e. The average Bonchev–Trinajstić information content (AvgIpc) is 3.05. The van der Waals surface area contributed by atoms with Crippen LogP contribution in [0, 0.1) is 23.0 Å². The van der Waals surface area contributed by atoms with Crippen LogP contribution in [0.5, 0.6) is 0 Å². The molecule has 0 amide bonds. The lowest BCUT2D eigenvalue weighted by Gasteiger charge is -2.38. The zero-order valence-electron chi connectivity index (χ0n) is 13.2. The minimum Gasteiger partial charge on any atom is -0.377 e. The Morgan fingerprint density at radius 1 is 1.25 bits per heavy atom. The molecule has 2 aliphatic rings. The van der Waals surface area contributed by atoms with Crippen molar-refractivity contribution in [2.45, 2.75) is 25.3 Å². The molecule has 0 aromatic heterocycles. The predicted octanol–water partition coefficient (Wildman–Crippen LogP) is 5.38. The Kier molecular flexibility index (Phi) is 3.57. The molecule has 24 heavy (non-hydrogen) atoms. The van der Waals surface area contributed by atoms with Gasteiger partial charge in [0.25, 0.3) is 5.69 Å². The third-order valence-electron chi connectivity index (χ3n) is 5.10. The van der Waals surface area contributed by atoms with Gasteiger partial charge in [-0.3, -0.25) is 10.1 Å². The van der Waals surface area contributed by atoms with Gasteiger partial charge in [-0.2, -0.15) is 0 Å². The number of allylic oxidation sites excluding steroid dienone is 2. The summed E-state index contributed by atoms with van der Waals surface area (Å²) in [5.41, 5.74) is 4.15. The molecule has 122 valence electrons. The Balaban J connectivity index is 1.85. The van der Waals surface area contributed by atoms with E-state index in [9.17, 15) is 10.1 Å². The maximum atomic E-state index is 11.2. The summed E-state index contributed by atoms with van der Waals surface area (Å²) in [5.74, 6) is 0.500. The van der Waals surface area contributed by atoms with Crippen molar-refractivity contribution < 1.29 is 4.92 Å². The summed E-state index contributed by atoms with van der Waals surface area (Å²) in [5, 5.41) is 15.6. The molecule has 0 saturated heterocycles. The van der Waals surface area contributed by atoms with Gasteiger partial charge in [-0.1, -0.05) is 42.0 Å². The minimum absolute atomic E-state index is 0.103. The molecule has 2 aromatic rings. The molecule has 2 aromatic carbocycles. The first-order chi connectivity index (χ1) is 11.6. The number of anilines is 1. The van der Waals surface area contributed by atoms with E-state index in [1.165, 1.54) is 0 Å². The van der Waals surface area contributed by atoms with Gasteiger partial charge in [-0.15, -0.1) is 0 Å². The molecule has 0 radical (unpaired) electrons. The van der Waals surface area contributed by atoms with Crippen LogP contribution in [0.25, 0.3) is 0 Å². The van der Waals surface area contributed by atoms with Gasteiger partial charge in [0, 0.05) is 28.8 Å². The number of rotatable bonds is 2. The van der Waals surface area contributed by atoms with Crippen LogP contribution in [0.15, 0.2) is 48.6 Å². The van der Waals surface area contributed by atoms with E-state index < -0.39 is 0 Å². The van der Waals surface area contributed by atoms with E-state index in [0.717, 1.165) is 33.8 Å². The van der Waals surface area contributed by atoms with Crippen LogP contribution in [-0.4, -0.2) is 4.92 Å². The van der Waals surface area contributed by atoms with E-state index in [1.807, 2.05) is 25.1 Å². The molecule has 1 heterocycles. The number of benzene rings is 2. The first-order valence-corrected chi connectivity index (χ1v) is 8.40. The van der Waals surface area contributed by atoms with Gasteiger partial charge >= 0.3 is 0 Å². The van der Waals surface area contributed by atoms with Crippen molar-refractivity contribution in [3.8, 4) is 0 Å². The molecule has 0 unspecified atom stereocenters. The Labute approximate surface area is 145 Å². The molecule has 1 aliphatic heterocycles. The summed E-state index contributed by atoms with van der Waals surface area (Å²) in [6.07, 6.45) is 5.29. The summed E-state index contributed by atoms with van der Waals surface area (Å²) in [6.45, 7) is 1.92. The van der Waals surface area contributed by atoms with Gasteiger partial charge in [0.2, 0.25) is 0 Å². The van der Waals surface area contributed by atoms with Gasteiger partial charge in [0.1, 0.15) is 0 Å². The van der Waals surface area contributed by atoms with Crippen molar-refractivity contribution in [3.63, 3.8) is 0 Å². The average molecular weight is 341 g/mol. The molecule has 1 aliphatic carbocycles. The number of aryl methyl sites for hydroxylation is 1. The zero-order chi connectivity index (χ0) is 16.8. The molecule has 4 rings (SSSR count).